The summed E-state index contributed by atoms with van der Waals surface area (Å²) < 4.78 is 5.72. The second-order valence-electron chi connectivity index (χ2n) is 8.38. The van der Waals surface area contributed by atoms with E-state index in [-0.39, 0.29) is 17.4 Å². The van der Waals surface area contributed by atoms with E-state index in [1.165, 1.54) is 4.90 Å². The molecule has 1 aromatic heterocycles. The lowest BCUT2D eigenvalue weighted by Gasteiger charge is -2.25. The molecule has 0 unspecified atom stereocenters. The van der Waals surface area contributed by atoms with Crippen LogP contribution in [0.15, 0.2) is 48.3 Å². The fourth-order valence-corrected chi connectivity index (χ4v) is 3.73. The van der Waals surface area contributed by atoms with Crippen LogP contribution in [0.3, 0.4) is 0 Å². The largest absolute Gasteiger partial charge is 0.507 e. The molecule has 0 aliphatic carbocycles. The molecule has 1 aromatic carbocycles. The van der Waals surface area contributed by atoms with Gasteiger partial charge in [0.15, 0.2) is 0 Å². The normalized spacial score (nSPS) is 18.3. The van der Waals surface area contributed by atoms with Crippen LogP contribution in [0.2, 0.25) is 0 Å². The molecular formula is C24H30N3O4+. The highest BCUT2D eigenvalue weighted by atomic mass is 16.5. The summed E-state index contributed by atoms with van der Waals surface area (Å²) >= 11 is 0. The van der Waals surface area contributed by atoms with Gasteiger partial charge >= 0.3 is 0 Å². The van der Waals surface area contributed by atoms with E-state index < -0.39 is 17.7 Å². The van der Waals surface area contributed by atoms with Crippen molar-refractivity contribution in [3.05, 3.63) is 65.0 Å². The number of hydrogen-bond donors (Lipinski definition) is 2. The van der Waals surface area contributed by atoms with Crippen LogP contribution in [0, 0.1) is 6.92 Å². The number of nitrogens with one attached hydrogen (secondary N) is 1. The number of likely N-dealkylation sites (tertiary alicyclic amines) is 1. The number of aryl methyl sites for hydroxylation is 1. The Labute approximate surface area is 183 Å². The SMILES string of the molecule is Cc1cc(OC(C)C)ccc1C(O)=C1C(=O)C(=O)N(CC[NH+](C)C)[C@@H]1c1cccnc1. The number of aliphatic hydroxyl groups is 1. The van der Waals surface area contributed by atoms with E-state index >= 15 is 0 Å². The number of Topliss-reactive ketones (excluding diaryl/α,β-unsaturated/α-hetero) is 1. The Hall–Kier alpha value is -3.19. The Kier molecular flexibility index (Phi) is 6.75. The Morgan fingerprint density at radius 2 is 2.00 bits per heavy atom. The van der Waals surface area contributed by atoms with E-state index in [4.69, 9.17) is 4.74 Å². The molecule has 1 atom stereocenters. The number of ketones is 1. The summed E-state index contributed by atoms with van der Waals surface area (Å²) in [5, 5.41) is 11.2. The van der Waals surface area contributed by atoms with Gasteiger partial charge in [0.2, 0.25) is 0 Å². The van der Waals surface area contributed by atoms with Crippen LogP contribution < -0.4 is 9.64 Å². The van der Waals surface area contributed by atoms with Crippen molar-refractivity contribution in [2.45, 2.75) is 32.9 Å². The number of nitrogens with zero attached hydrogens (tertiary/aromatic N) is 2. The van der Waals surface area contributed by atoms with Crippen LogP contribution in [0.5, 0.6) is 5.75 Å². The van der Waals surface area contributed by atoms with E-state index in [1.807, 2.05) is 47.0 Å². The summed E-state index contributed by atoms with van der Waals surface area (Å²) in [6, 6.07) is 8.19. The molecule has 1 fully saturated rings. The summed E-state index contributed by atoms with van der Waals surface area (Å²) in [7, 11) is 3.97. The van der Waals surface area contributed by atoms with E-state index in [2.05, 4.69) is 4.98 Å². The number of carbonyl (C=O) groups is 2. The molecule has 1 amide bonds. The van der Waals surface area contributed by atoms with Crippen molar-refractivity contribution in [3.63, 3.8) is 0 Å². The number of benzene rings is 1. The number of amides is 1. The number of carbonyl (C=O) groups excluding carboxylic acids is 2. The van der Waals surface area contributed by atoms with Gasteiger partial charge < -0.3 is 19.6 Å². The van der Waals surface area contributed by atoms with E-state index in [0.29, 0.717) is 30.0 Å². The second-order valence-corrected chi connectivity index (χ2v) is 8.38. The first-order chi connectivity index (χ1) is 14.7. The molecule has 0 spiro atoms. The predicted octanol–water partition coefficient (Wildman–Crippen LogP) is 1.74. The highest BCUT2D eigenvalue weighted by molar-refractivity contribution is 6.46. The number of pyridine rings is 1. The van der Waals surface area contributed by atoms with Gasteiger partial charge in [-0.3, -0.25) is 14.6 Å². The zero-order valence-electron chi connectivity index (χ0n) is 18.7. The van der Waals surface area contributed by atoms with Crippen LogP contribution in [0.4, 0.5) is 0 Å². The standard InChI is InChI=1S/C24H29N3O4/c1-15(2)31-18-8-9-19(16(3)13-18)22(28)20-21(17-7-6-10-25-14-17)27(12-11-26(4)5)24(30)23(20)29/h6-10,13-15,21,28H,11-12H2,1-5H3/p+1/t21-/m1/s1. The van der Waals surface area contributed by atoms with Crippen molar-refractivity contribution in [2.75, 3.05) is 27.2 Å². The Morgan fingerprint density at radius 1 is 1.26 bits per heavy atom. The van der Waals surface area contributed by atoms with E-state index in [1.54, 1.807) is 30.6 Å². The molecule has 1 aliphatic rings. The highest BCUT2D eigenvalue weighted by Crippen LogP contribution is 2.39. The van der Waals surface area contributed by atoms with E-state index in [0.717, 1.165) is 10.5 Å². The van der Waals surface area contributed by atoms with Crippen molar-refractivity contribution in [1.29, 1.82) is 0 Å². The second kappa shape index (κ2) is 9.31. The minimum absolute atomic E-state index is 0.0218. The Bertz CT molecular complexity index is 999. The van der Waals surface area contributed by atoms with Gasteiger partial charge in [-0.25, -0.2) is 0 Å². The van der Waals surface area contributed by atoms with Crippen LogP contribution in [0.1, 0.15) is 36.6 Å². The first-order valence-corrected chi connectivity index (χ1v) is 10.5. The van der Waals surface area contributed by atoms with Crippen molar-refractivity contribution < 1.29 is 24.3 Å². The van der Waals surface area contributed by atoms with Crippen molar-refractivity contribution in [2.24, 2.45) is 0 Å². The lowest BCUT2D eigenvalue weighted by atomic mass is 9.94. The van der Waals surface area contributed by atoms with Gasteiger partial charge in [-0.1, -0.05) is 6.07 Å². The molecule has 1 aliphatic heterocycles. The lowest BCUT2D eigenvalue weighted by molar-refractivity contribution is -0.857. The molecule has 3 rings (SSSR count). The Morgan fingerprint density at radius 3 is 2.58 bits per heavy atom. The molecule has 7 nitrogen and oxygen atoms in total. The van der Waals surface area contributed by atoms with Crippen LogP contribution in [0.25, 0.3) is 5.76 Å². The van der Waals surface area contributed by atoms with Gasteiger partial charge in [0.25, 0.3) is 11.7 Å². The topological polar surface area (TPSA) is 84.2 Å². The van der Waals surface area contributed by atoms with Gasteiger partial charge in [-0.2, -0.15) is 0 Å². The summed E-state index contributed by atoms with van der Waals surface area (Å²) in [4.78, 5) is 32.8. The monoisotopic (exact) mass is 424 g/mol. The molecule has 2 N–H and O–H groups in total. The highest BCUT2D eigenvalue weighted by Gasteiger charge is 2.46. The van der Waals surface area contributed by atoms with Crippen LogP contribution >= 0.6 is 0 Å². The molecule has 164 valence electrons. The summed E-state index contributed by atoms with van der Waals surface area (Å²) in [5.41, 5.74) is 2.03. The molecule has 0 saturated carbocycles. The molecule has 31 heavy (non-hydrogen) atoms. The quantitative estimate of drug-likeness (QED) is 0.402. The van der Waals surface area contributed by atoms with Crippen molar-refractivity contribution in [3.8, 4) is 5.75 Å². The third-order valence-electron chi connectivity index (χ3n) is 5.22. The molecular weight excluding hydrogens is 394 g/mol. The number of aromatic nitrogens is 1. The molecule has 0 radical (unpaired) electrons. The first-order valence-electron chi connectivity index (χ1n) is 10.5. The van der Waals surface area contributed by atoms with Gasteiger partial charge in [0.05, 0.1) is 44.9 Å². The summed E-state index contributed by atoms with van der Waals surface area (Å²) in [6.07, 6.45) is 3.29. The smallest absolute Gasteiger partial charge is 0.295 e. The summed E-state index contributed by atoms with van der Waals surface area (Å²) in [6.45, 7) is 6.78. The van der Waals surface area contributed by atoms with Gasteiger partial charge in [-0.15, -0.1) is 0 Å². The first kappa shape index (κ1) is 22.5. The third-order valence-corrected chi connectivity index (χ3v) is 5.22. The third kappa shape index (κ3) is 4.77. The minimum Gasteiger partial charge on any atom is -0.507 e. The van der Waals surface area contributed by atoms with Crippen molar-refractivity contribution >= 4 is 17.4 Å². The van der Waals surface area contributed by atoms with Crippen LogP contribution in [-0.4, -0.2) is 60.0 Å². The molecule has 1 saturated heterocycles. The lowest BCUT2D eigenvalue weighted by Crippen LogP contribution is -3.06. The van der Waals surface area contributed by atoms with Gasteiger partial charge in [-0.05, 0) is 56.2 Å². The van der Waals surface area contributed by atoms with Gasteiger partial charge in [0, 0.05) is 18.0 Å². The average molecular weight is 425 g/mol. The number of quaternary nitrogens is 1. The fourth-order valence-electron chi connectivity index (χ4n) is 3.73. The molecule has 2 aromatic rings. The molecule has 0 bridgehead atoms. The van der Waals surface area contributed by atoms with E-state index in [9.17, 15) is 14.7 Å². The fraction of sp³-hybridized carbons (Fsp3) is 0.375. The minimum atomic E-state index is -0.681. The molecule has 7 heteroatoms. The maximum absolute atomic E-state index is 13.0. The summed E-state index contributed by atoms with van der Waals surface area (Å²) in [5.74, 6) is -0.779. The predicted molar refractivity (Wildman–Crippen MR) is 118 cm³/mol. The Balaban J connectivity index is 2.10. The maximum atomic E-state index is 13.0. The number of rotatable bonds is 7. The maximum Gasteiger partial charge on any atom is 0.295 e. The van der Waals surface area contributed by atoms with Crippen LogP contribution in [-0.2, 0) is 9.59 Å². The number of hydrogen-bond acceptors (Lipinski definition) is 5. The average Bonchev–Trinajstić information content (AvgIpc) is 2.96. The number of likely N-dealkylation sites (N-methyl/N-ethyl adjacent to an activating group) is 1. The number of aliphatic hydroxyl groups excluding tert-OH is 1. The van der Waals surface area contributed by atoms with Crippen molar-refractivity contribution in [1.82, 2.24) is 9.88 Å². The zero-order valence-corrected chi connectivity index (χ0v) is 18.7. The zero-order chi connectivity index (χ0) is 22.7. The number of ether oxygens (including phenoxy) is 1. The van der Waals surface area contributed by atoms with Gasteiger partial charge in [0.1, 0.15) is 11.5 Å². The molecule has 2 heterocycles.